The molecular formula is C20H18N2O5. The van der Waals surface area contributed by atoms with E-state index in [0.29, 0.717) is 17.2 Å². The summed E-state index contributed by atoms with van der Waals surface area (Å²) < 4.78 is 11.0. The molecule has 0 saturated heterocycles. The van der Waals surface area contributed by atoms with Crippen molar-refractivity contribution in [2.75, 3.05) is 13.7 Å². The number of hydrogen-bond acceptors (Lipinski definition) is 5. The first-order valence-electron chi connectivity index (χ1n) is 8.22. The quantitative estimate of drug-likeness (QED) is 0.667. The molecule has 0 fully saturated rings. The third kappa shape index (κ3) is 4.59. The van der Waals surface area contributed by atoms with Crippen LogP contribution in [0.25, 0.3) is 10.8 Å². The number of hydrogen-bond donors (Lipinski definition) is 2. The molecule has 2 aromatic carbocycles. The molecule has 0 aliphatic carbocycles. The summed E-state index contributed by atoms with van der Waals surface area (Å²) in [6.45, 7) is -0.270. The van der Waals surface area contributed by atoms with Crippen molar-refractivity contribution < 1.29 is 24.2 Å². The molecule has 3 aromatic rings. The van der Waals surface area contributed by atoms with E-state index in [1.165, 1.54) is 7.11 Å². The van der Waals surface area contributed by atoms with Crippen LogP contribution in [0.1, 0.15) is 16.2 Å². The monoisotopic (exact) mass is 366 g/mol. The number of carboxylic acid groups (broad SMARTS) is 1. The predicted molar refractivity (Wildman–Crippen MR) is 98.9 cm³/mol. The van der Waals surface area contributed by atoms with E-state index in [0.717, 1.165) is 10.8 Å². The van der Waals surface area contributed by atoms with Gasteiger partial charge in [-0.25, -0.2) is 4.98 Å². The van der Waals surface area contributed by atoms with E-state index in [9.17, 15) is 9.59 Å². The van der Waals surface area contributed by atoms with Crippen molar-refractivity contribution in [3.05, 3.63) is 66.0 Å². The Morgan fingerprint density at radius 2 is 1.85 bits per heavy atom. The van der Waals surface area contributed by atoms with Gasteiger partial charge in [0.2, 0.25) is 0 Å². The van der Waals surface area contributed by atoms with Gasteiger partial charge in [0, 0.05) is 12.5 Å². The molecule has 7 nitrogen and oxygen atoms in total. The topological polar surface area (TPSA) is 97.8 Å². The zero-order chi connectivity index (χ0) is 19.2. The first kappa shape index (κ1) is 18.3. The van der Waals surface area contributed by atoms with Crippen molar-refractivity contribution in [3.8, 4) is 11.5 Å². The fourth-order valence-electron chi connectivity index (χ4n) is 2.59. The van der Waals surface area contributed by atoms with Crippen LogP contribution in [-0.4, -0.2) is 35.6 Å². The first-order valence-corrected chi connectivity index (χ1v) is 8.22. The van der Waals surface area contributed by atoms with Gasteiger partial charge in [0.25, 0.3) is 5.91 Å². The van der Waals surface area contributed by atoms with Crippen molar-refractivity contribution in [1.82, 2.24) is 10.3 Å². The molecule has 27 heavy (non-hydrogen) atoms. The smallest absolute Gasteiger partial charge is 0.322 e. The highest BCUT2D eigenvalue weighted by molar-refractivity contribution is 5.98. The van der Waals surface area contributed by atoms with Crippen LogP contribution in [0.5, 0.6) is 11.5 Å². The van der Waals surface area contributed by atoms with Gasteiger partial charge in [0.05, 0.1) is 12.3 Å². The van der Waals surface area contributed by atoms with Crippen LogP contribution in [-0.2, 0) is 16.1 Å². The van der Waals surface area contributed by atoms with Gasteiger partial charge in [0.1, 0.15) is 23.7 Å². The molecule has 0 bridgehead atoms. The van der Waals surface area contributed by atoms with Crippen LogP contribution in [0, 0.1) is 0 Å². The van der Waals surface area contributed by atoms with Crippen LogP contribution in [0.15, 0.2) is 54.6 Å². The number of rotatable bonds is 7. The highest BCUT2D eigenvalue weighted by Crippen LogP contribution is 2.28. The van der Waals surface area contributed by atoms with E-state index < -0.39 is 18.4 Å². The van der Waals surface area contributed by atoms with Crippen molar-refractivity contribution in [3.63, 3.8) is 0 Å². The summed E-state index contributed by atoms with van der Waals surface area (Å²) in [5, 5.41) is 12.6. The fraction of sp³-hybridized carbons (Fsp3) is 0.150. The van der Waals surface area contributed by atoms with Gasteiger partial charge in [0.15, 0.2) is 0 Å². The molecule has 1 heterocycles. The van der Waals surface area contributed by atoms with Crippen LogP contribution < -0.4 is 10.1 Å². The van der Waals surface area contributed by atoms with Gasteiger partial charge in [-0.1, -0.05) is 24.3 Å². The molecule has 2 N–H and O–H groups in total. The standard InChI is InChI=1S/C20H18N2O5/c1-26-12-18-16-10-15(27-14-5-3-2-4-6-14)8-7-13(16)9-17(22-18)20(25)21-11-19(23)24/h2-10H,11-12H2,1H3,(H,21,25)(H,23,24). The SMILES string of the molecule is COCc1nc(C(=O)NCC(=O)O)cc2ccc(Oc3ccccc3)cc12. The Hall–Kier alpha value is -3.45. The second-order valence-electron chi connectivity index (χ2n) is 5.76. The summed E-state index contributed by atoms with van der Waals surface area (Å²) in [6.07, 6.45) is 0. The Bertz CT molecular complexity index is 973. The summed E-state index contributed by atoms with van der Waals surface area (Å²) in [5.41, 5.74) is 0.696. The number of fused-ring (bicyclic) bond motifs is 1. The molecule has 1 aromatic heterocycles. The summed E-state index contributed by atoms with van der Waals surface area (Å²) in [7, 11) is 1.54. The highest BCUT2D eigenvalue weighted by atomic mass is 16.5. The Morgan fingerprint density at radius 3 is 2.56 bits per heavy atom. The normalized spacial score (nSPS) is 10.6. The molecule has 0 spiro atoms. The molecule has 138 valence electrons. The number of nitrogens with one attached hydrogen (secondary N) is 1. The van der Waals surface area contributed by atoms with E-state index in [-0.39, 0.29) is 12.3 Å². The molecule has 0 unspecified atom stereocenters. The number of benzene rings is 2. The van der Waals surface area contributed by atoms with Crippen LogP contribution in [0.4, 0.5) is 0 Å². The minimum absolute atomic E-state index is 0.132. The fourth-order valence-corrected chi connectivity index (χ4v) is 2.59. The molecule has 7 heteroatoms. The van der Waals surface area contributed by atoms with Crippen molar-refractivity contribution in [1.29, 1.82) is 0 Å². The molecule has 0 saturated carbocycles. The molecule has 0 aliphatic heterocycles. The van der Waals surface area contributed by atoms with E-state index >= 15 is 0 Å². The van der Waals surface area contributed by atoms with Crippen LogP contribution in [0.3, 0.4) is 0 Å². The molecule has 0 atom stereocenters. The molecule has 0 aliphatic rings. The first-order chi connectivity index (χ1) is 13.1. The maximum absolute atomic E-state index is 12.2. The zero-order valence-corrected chi connectivity index (χ0v) is 14.6. The van der Waals surface area contributed by atoms with E-state index in [1.807, 2.05) is 42.5 Å². The van der Waals surface area contributed by atoms with Gasteiger partial charge in [-0.15, -0.1) is 0 Å². The minimum Gasteiger partial charge on any atom is -0.480 e. The number of para-hydroxylation sites is 1. The lowest BCUT2D eigenvalue weighted by molar-refractivity contribution is -0.135. The number of carboxylic acids is 1. The third-order valence-corrected chi connectivity index (χ3v) is 3.78. The lowest BCUT2D eigenvalue weighted by Gasteiger charge is -2.11. The van der Waals surface area contributed by atoms with Crippen LogP contribution >= 0.6 is 0 Å². The second-order valence-corrected chi connectivity index (χ2v) is 5.76. The van der Waals surface area contributed by atoms with Gasteiger partial charge in [-0.2, -0.15) is 0 Å². The lowest BCUT2D eigenvalue weighted by atomic mass is 10.1. The number of nitrogens with zero attached hydrogens (tertiary/aromatic N) is 1. The highest BCUT2D eigenvalue weighted by Gasteiger charge is 2.14. The number of amides is 1. The lowest BCUT2D eigenvalue weighted by Crippen LogP contribution is -2.30. The van der Waals surface area contributed by atoms with Crippen molar-refractivity contribution >= 4 is 22.6 Å². The van der Waals surface area contributed by atoms with E-state index in [4.69, 9.17) is 14.6 Å². The maximum atomic E-state index is 12.2. The number of methoxy groups -OCH3 is 1. The molecule has 1 amide bonds. The van der Waals surface area contributed by atoms with E-state index in [2.05, 4.69) is 10.3 Å². The van der Waals surface area contributed by atoms with Gasteiger partial charge < -0.3 is 19.9 Å². The van der Waals surface area contributed by atoms with Gasteiger partial charge in [-0.3, -0.25) is 9.59 Å². The minimum atomic E-state index is -1.12. The predicted octanol–water partition coefficient (Wildman–Crippen LogP) is 2.99. The van der Waals surface area contributed by atoms with Gasteiger partial charge in [-0.05, 0) is 35.7 Å². The molecule has 0 radical (unpaired) electrons. The van der Waals surface area contributed by atoms with Gasteiger partial charge >= 0.3 is 5.97 Å². The van der Waals surface area contributed by atoms with Crippen molar-refractivity contribution in [2.45, 2.75) is 6.61 Å². The number of pyridine rings is 1. The summed E-state index contributed by atoms with van der Waals surface area (Å²) in [6, 6.07) is 16.5. The summed E-state index contributed by atoms with van der Waals surface area (Å²) in [4.78, 5) is 27.1. The average molecular weight is 366 g/mol. The Morgan fingerprint density at radius 1 is 1.07 bits per heavy atom. The third-order valence-electron chi connectivity index (χ3n) is 3.78. The second kappa shape index (κ2) is 8.29. The Balaban J connectivity index is 1.95. The Kier molecular flexibility index (Phi) is 5.63. The Labute approximate surface area is 155 Å². The number of ether oxygens (including phenoxy) is 2. The summed E-state index contributed by atoms with van der Waals surface area (Å²) >= 11 is 0. The van der Waals surface area contributed by atoms with Crippen molar-refractivity contribution in [2.24, 2.45) is 0 Å². The average Bonchev–Trinajstić information content (AvgIpc) is 2.67. The number of aromatic nitrogens is 1. The van der Waals surface area contributed by atoms with Crippen LogP contribution in [0.2, 0.25) is 0 Å². The van der Waals surface area contributed by atoms with E-state index in [1.54, 1.807) is 12.1 Å². The maximum Gasteiger partial charge on any atom is 0.322 e. The molecule has 3 rings (SSSR count). The number of aliphatic carboxylic acids is 1. The number of carbonyl (C=O) groups excluding carboxylic acids is 1. The zero-order valence-electron chi connectivity index (χ0n) is 14.6. The number of carbonyl (C=O) groups is 2. The molecular weight excluding hydrogens is 348 g/mol. The largest absolute Gasteiger partial charge is 0.480 e. The summed E-state index contributed by atoms with van der Waals surface area (Å²) in [5.74, 6) is -0.330.